The molecule has 134 valence electrons. The van der Waals surface area contributed by atoms with Crippen molar-refractivity contribution in [1.82, 2.24) is 29.9 Å². The lowest BCUT2D eigenvalue weighted by atomic mass is 9.95. The van der Waals surface area contributed by atoms with Crippen LogP contribution in [0, 0.1) is 12.8 Å². The molecule has 0 aliphatic carbocycles. The highest BCUT2D eigenvalue weighted by Crippen LogP contribution is 2.32. The van der Waals surface area contributed by atoms with Crippen molar-refractivity contribution in [1.29, 1.82) is 0 Å². The average molecular weight is 353 g/mol. The van der Waals surface area contributed by atoms with Crippen LogP contribution in [0.25, 0.3) is 10.9 Å². The summed E-state index contributed by atoms with van der Waals surface area (Å²) in [5.74, 6) is -0.363. The number of hydrogen-bond acceptors (Lipinski definition) is 5. The number of aromatic nitrogens is 5. The molecule has 0 unspecified atom stereocenters. The van der Waals surface area contributed by atoms with E-state index < -0.39 is 11.8 Å². The van der Waals surface area contributed by atoms with Gasteiger partial charge in [0.25, 0.3) is 5.91 Å². The summed E-state index contributed by atoms with van der Waals surface area (Å²) >= 11 is 0. The molecule has 3 aromatic rings. The van der Waals surface area contributed by atoms with E-state index >= 15 is 0 Å². The van der Waals surface area contributed by atoms with Gasteiger partial charge >= 0.3 is 0 Å². The zero-order chi connectivity index (χ0) is 18.4. The van der Waals surface area contributed by atoms with E-state index in [0.717, 1.165) is 10.9 Å². The molecule has 2 aromatic heterocycles. The topological polar surface area (TPSA) is 123 Å². The van der Waals surface area contributed by atoms with E-state index in [1.807, 2.05) is 24.3 Å². The number of nitrogens with one attached hydrogen (secondary N) is 1. The summed E-state index contributed by atoms with van der Waals surface area (Å²) in [7, 11) is 1.80. The Morgan fingerprint density at radius 2 is 2.04 bits per heavy atom. The van der Waals surface area contributed by atoms with Crippen LogP contribution in [0.5, 0.6) is 0 Å². The quantitative estimate of drug-likeness (QED) is 0.703. The van der Waals surface area contributed by atoms with Crippen molar-refractivity contribution in [3.63, 3.8) is 0 Å². The van der Waals surface area contributed by atoms with E-state index in [1.165, 1.54) is 0 Å². The smallest absolute Gasteiger partial charge is 0.275 e. The summed E-state index contributed by atoms with van der Waals surface area (Å²) in [5, 5.41) is 12.1. The number of nitrogens with zero attached hydrogens (tertiary/aromatic N) is 5. The van der Waals surface area contributed by atoms with Gasteiger partial charge in [0.05, 0.1) is 17.4 Å². The predicted molar refractivity (Wildman–Crippen MR) is 93.2 cm³/mol. The van der Waals surface area contributed by atoms with E-state index in [1.54, 1.807) is 23.6 Å². The molecule has 0 saturated carbocycles. The zero-order valence-electron chi connectivity index (χ0n) is 14.5. The van der Waals surface area contributed by atoms with Gasteiger partial charge in [-0.25, -0.2) is 4.98 Å². The van der Waals surface area contributed by atoms with Gasteiger partial charge in [-0.15, -0.1) is 0 Å². The van der Waals surface area contributed by atoms with E-state index in [9.17, 15) is 9.59 Å². The molecule has 4 rings (SSSR count). The summed E-state index contributed by atoms with van der Waals surface area (Å²) < 4.78 is 1.68. The Kier molecular flexibility index (Phi) is 3.71. The predicted octanol–water partition coefficient (Wildman–Crippen LogP) is 0.341. The van der Waals surface area contributed by atoms with Gasteiger partial charge in [0.2, 0.25) is 5.91 Å². The molecule has 26 heavy (non-hydrogen) atoms. The second-order valence-electron chi connectivity index (χ2n) is 6.59. The molecule has 1 aliphatic rings. The molecule has 3 N–H and O–H groups in total. The van der Waals surface area contributed by atoms with E-state index in [-0.39, 0.29) is 18.4 Å². The van der Waals surface area contributed by atoms with E-state index in [4.69, 9.17) is 5.73 Å². The standard InChI is InChI=1S/C17H19N7O2/c1-9-19-16(21-20-9)12-8-24(7-11(12)15(18)25)17(26)14-10-5-3-4-6-13(10)23(2)22-14/h3-6,11-12H,7-8H2,1-2H3,(H2,18,25)(H,19,20,21)/t11-,12-/m1/s1. The lowest BCUT2D eigenvalue weighted by Crippen LogP contribution is -2.32. The van der Waals surface area contributed by atoms with Gasteiger partial charge in [0, 0.05) is 25.5 Å². The molecule has 9 nitrogen and oxygen atoms in total. The fourth-order valence-corrected chi connectivity index (χ4v) is 3.57. The van der Waals surface area contributed by atoms with Gasteiger partial charge in [-0.05, 0) is 13.0 Å². The number of fused-ring (bicyclic) bond motifs is 1. The van der Waals surface area contributed by atoms with Gasteiger partial charge in [0.15, 0.2) is 11.5 Å². The number of para-hydroxylation sites is 1. The number of primary amides is 1. The van der Waals surface area contributed by atoms with E-state index in [2.05, 4.69) is 20.3 Å². The van der Waals surface area contributed by atoms with Crippen LogP contribution in [0.15, 0.2) is 24.3 Å². The minimum atomic E-state index is -0.524. The van der Waals surface area contributed by atoms with E-state index in [0.29, 0.717) is 23.9 Å². The molecular weight excluding hydrogens is 334 g/mol. The Bertz CT molecular complexity index is 1010. The van der Waals surface area contributed by atoms with Gasteiger partial charge in [-0.3, -0.25) is 19.4 Å². The third-order valence-electron chi connectivity index (χ3n) is 4.88. The first-order valence-corrected chi connectivity index (χ1v) is 8.35. The minimum absolute atomic E-state index is 0.220. The van der Waals surface area contributed by atoms with Crippen molar-refractivity contribution in [2.24, 2.45) is 18.7 Å². The third kappa shape index (κ3) is 2.52. The third-order valence-corrected chi connectivity index (χ3v) is 4.88. The van der Waals surface area contributed by atoms with Gasteiger partial charge < -0.3 is 10.6 Å². The van der Waals surface area contributed by atoms with Crippen LogP contribution in [0.3, 0.4) is 0 Å². The van der Waals surface area contributed by atoms with Crippen LogP contribution >= 0.6 is 0 Å². The van der Waals surface area contributed by atoms with Gasteiger partial charge in [-0.1, -0.05) is 18.2 Å². The monoisotopic (exact) mass is 353 g/mol. The first-order chi connectivity index (χ1) is 12.5. The molecule has 2 amide bonds. The number of hydrogen-bond donors (Lipinski definition) is 2. The number of aromatic amines is 1. The van der Waals surface area contributed by atoms with Crippen molar-refractivity contribution in [2.75, 3.05) is 13.1 Å². The molecule has 2 atom stereocenters. The van der Waals surface area contributed by atoms with Crippen LogP contribution in [0.2, 0.25) is 0 Å². The number of carbonyl (C=O) groups is 2. The Labute approximate surface area is 149 Å². The van der Waals surface area contributed by atoms with Crippen molar-refractivity contribution in [2.45, 2.75) is 12.8 Å². The highest BCUT2D eigenvalue weighted by Gasteiger charge is 2.42. The Balaban J connectivity index is 1.67. The maximum Gasteiger partial charge on any atom is 0.275 e. The zero-order valence-corrected chi connectivity index (χ0v) is 14.5. The number of H-pyrrole nitrogens is 1. The Morgan fingerprint density at radius 3 is 2.73 bits per heavy atom. The van der Waals surface area contributed by atoms with Crippen molar-refractivity contribution in [3.8, 4) is 0 Å². The number of aryl methyl sites for hydroxylation is 2. The SMILES string of the molecule is Cc1nc([C@@H]2CN(C(=O)c3nn(C)c4ccccc34)C[C@H]2C(N)=O)n[nH]1. The summed E-state index contributed by atoms with van der Waals surface area (Å²) in [6.45, 7) is 2.35. The average Bonchev–Trinajstić information content (AvgIpc) is 3.32. The fraction of sp³-hybridized carbons (Fsp3) is 0.353. The molecule has 0 spiro atoms. The van der Waals surface area contributed by atoms with Crippen molar-refractivity contribution in [3.05, 3.63) is 41.6 Å². The summed E-state index contributed by atoms with van der Waals surface area (Å²) in [5.41, 5.74) is 6.82. The van der Waals surface area contributed by atoms with Crippen LogP contribution < -0.4 is 5.73 Å². The highest BCUT2D eigenvalue weighted by atomic mass is 16.2. The van der Waals surface area contributed by atoms with Crippen LogP contribution in [0.1, 0.15) is 28.1 Å². The van der Waals surface area contributed by atoms with Crippen LogP contribution in [-0.4, -0.2) is 54.8 Å². The van der Waals surface area contributed by atoms with Gasteiger partial charge in [-0.2, -0.15) is 10.2 Å². The first kappa shape index (κ1) is 16.2. The highest BCUT2D eigenvalue weighted by molar-refractivity contribution is 6.05. The number of carbonyl (C=O) groups excluding carboxylic acids is 2. The maximum absolute atomic E-state index is 13.1. The second kappa shape index (κ2) is 5.94. The number of nitrogens with two attached hydrogens (primary N) is 1. The molecule has 1 aliphatic heterocycles. The number of benzene rings is 1. The number of rotatable bonds is 3. The molecule has 3 heterocycles. The molecule has 1 saturated heterocycles. The molecule has 0 radical (unpaired) electrons. The summed E-state index contributed by atoms with van der Waals surface area (Å²) in [6, 6.07) is 7.55. The fourth-order valence-electron chi connectivity index (χ4n) is 3.57. The molecule has 9 heteroatoms. The molecule has 0 bridgehead atoms. The molecular formula is C17H19N7O2. The number of amides is 2. The largest absolute Gasteiger partial charge is 0.369 e. The van der Waals surface area contributed by atoms with Crippen LogP contribution in [0.4, 0.5) is 0 Å². The summed E-state index contributed by atoms with van der Waals surface area (Å²) in [4.78, 5) is 30.9. The molecule has 1 aromatic carbocycles. The Morgan fingerprint density at radius 1 is 1.27 bits per heavy atom. The van der Waals surface area contributed by atoms with Crippen molar-refractivity contribution < 1.29 is 9.59 Å². The Hall–Kier alpha value is -3.23. The minimum Gasteiger partial charge on any atom is -0.369 e. The van der Waals surface area contributed by atoms with Gasteiger partial charge in [0.1, 0.15) is 5.82 Å². The van der Waals surface area contributed by atoms with Crippen molar-refractivity contribution >= 4 is 22.7 Å². The second-order valence-corrected chi connectivity index (χ2v) is 6.59. The summed E-state index contributed by atoms with van der Waals surface area (Å²) in [6.07, 6.45) is 0. The number of likely N-dealkylation sites (tertiary alicyclic amines) is 1. The first-order valence-electron chi connectivity index (χ1n) is 8.35. The normalized spacial score (nSPS) is 20.0. The van der Waals surface area contributed by atoms with Crippen LogP contribution in [-0.2, 0) is 11.8 Å². The maximum atomic E-state index is 13.1. The lowest BCUT2D eigenvalue weighted by molar-refractivity contribution is -0.121. The molecule has 1 fully saturated rings. The lowest BCUT2D eigenvalue weighted by Gasteiger charge is -2.14.